The van der Waals surface area contributed by atoms with Gasteiger partial charge in [0.2, 0.25) is 0 Å². The maximum absolute atomic E-state index is 13.2. The predicted molar refractivity (Wildman–Crippen MR) is 123 cm³/mol. The number of thiophene rings is 1. The van der Waals surface area contributed by atoms with Gasteiger partial charge < -0.3 is 16.4 Å². The molecule has 2 aromatic heterocycles. The zero-order valence-electron chi connectivity index (χ0n) is 17.4. The summed E-state index contributed by atoms with van der Waals surface area (Å²) in [6, 6.07) is 12.2. The van der Waals surface area contributed by atoms with Crippen LogP contribution in [0.5, 0.6) is 0 Å². The molecule has 0 unspecified atom stereocenters. The van der Waals surface area contributed by atoms with Crippen molar-refractivity contribution in [3.63, 3.8) is 0 Å². The molecule has 0 fully saturated rings. The molecule has 0 bridgehead atoms. The van der Waals surface area contributed by atoms with E-state index in [4.69, 9.17) is 5.73 Å². The van der Waals surface area contributed by atoms with E-state index < -0.39 is 0 Å². The molecule has 1 aromatic carbocycles. The molecule has 0 aliphatic rings. The Morgan fingerprint density at radius 1 is 1.26 bits per heavy atom. The van der Waals surface area contributed by atoms with Crippen LogP contribution in [0, 0.1) is 17.1 Å². The van der Waals surface area contributed by atoms with Crippen LogP contribution in [-0.2, 0) is 12.8 Å². The van der Waals surface area contributed by atoms with Gasteiger partial charge in [0.15, 0.2) is 5.96 Å². The predicted octanol–water partition coefficient (Wildman–Crippen LogP) is 3.26. The third-order valence-electron chi connectivity index (χ3n) is 4.61. The number of anilines is 1. The van der Waals surface area contributed by atoms with Gasteiger partial charge in [-0.3, -0.25) is 4.99 Å². The minimum absolute atomic E-state index is 0.260. The summed E-state index contributed by atoms with van der Waals surface area (Å²) in [6.45, 7) is 4.20. The molecule has 0 amide bonds. The van der Waals surface area contributed by atoms with Crippen molar-refractivity contribution in [2.75, 3.05) is 25.4 Å². The summed E-state index contributed by atoms with van der Waals surface area (Å²) < 4.78 is 14.7. The van der Waals surface area contributed by atoms with E-state index in [0.29, 0.717) is 29.9 Å². The average molecular weight is 440 g/mol. The topological polar surface area (TPSA) is 104 Å². The molecule has 0 aliphatic heterocycles. The third-order valence-corrected chi connectivity index (χ3v) is 5.54. The van der Waals surface area contributed by atoms with Crippen molar-refractivity contribution in [2.24, 2.45) is 4.99 Å². The van der Waals surface area contributed by atoms with Gasteiger partial charge in [-0.05, 0) is 61.9 Å². The summed E-state index contributed by atoms with van der Waals surface area (Å²) in [4.78, 5) is 5.94. The Bertz CT molecular complexity index is 1030. The van der Waals surface area contributed by atoms with Crippen LogP contribution in [0.4, 0.5) is 10.2 Å². The molecule has 9 heteroatoms. The number of halogens is 1. The molecule has 7 nitrogen and oxygen atoms in total. The molecule has 0 aliphatic carbocycles. The number of hydrogen-bond donors (Lipinski definition) is 3. The lowest BCUT2D eigenvalue weighted by Crippen LogP contribution is -2.38. The number of benzene rings is 1. The lowest BCUT2D eigenvalue weighted by Gasteiger charge is -2.10. The van der Waals surface area contributed by atoms with Crippen molar-refractivity contribution < 1.29 is 4.39 Å². The normalized spacial score (nSPS) is 11.3. The molecule has 0 spiro atoms. The second-order valence-corrected chi connectivity index (χ2v) is 7.86. The van der Waals surface area contributed by atoms with Gasteiger partial charge in [0.1, 0.15) is 23.3 Å². The molecule has 3 rings (SSSR count). The highest BCUT2D eigenvalue weighted by molar-refractivity contribution is 7.09. The van der Waals surface area contributed by atoms with E-state index in [2.05, 4.69) is 44.3 Å². The second-order valence-electron chi connectivity index (χ2n) is 6.83. The molecule has 31 heavy (non-hydrogen) atoms. The Hall–Kier alpha value is -3.38. The van der Waals surface area contributed by atoms with Crippen molar-refractivity contribution in [1.82, 2.24) is 20.4 Å². The number of nitrogens with two attached hydrogens (primary N) is 1. The molecule has 3 aromatic rings. The van der Waals surface area contributed by atoms with Gasteiger partial charge in [-0.1, -0.05) is 6.07 Å². The first-order valence-corrected chi connectivity index (χ1v) is 11.1. The fourth-order valence-corrected chi connectivity index (χ4v) is 3.80. The number of rotatable bonds is 9. The largest absolute Gasteiger partial charge is 0.382 e. The first kappa shape index (κ1) is 22.3. The molecule has 4 N–H and O–H groups in total. The Morgan fingerprint density at radius 3 is 2.74 bits per heavy atom. The van der Waals surface area contributed by atoms with Gasteiger partial charge in [-0.15, -0.1) is 11.3 Å². The second kappa shape index (κ2) is 11.1. The molecule has 0 saturated heterocycles. The number of nitriles is 1. The minimum Gasteiger partial charge on any atom is -0.382 e. The molecule has 0 saturated carbocycles. The van der Waals surface area contributed by atoms with E-state index in [0.717, 1.165) is 31.9 Å². The number of nitrogens with zero attached hydrogens (tertiary/aromatic N) is 4. The van der Waals surface area contributed by atoms with Gasteiger partial charge in [0.25, 0.3) is 0 Å². The van der Waals surface area contributed by atoms with Crippen LogP contribution in [0.2, 0.25) is 0 Å². The maximum Gasteiger partial charge on any atom is 0.191 e. The summed E-state index contributed by atoms with van der Waals surface area (Å²) in [5.74, 6) is 0.695. The number of aryl methyl sites for hydroxylation is 1. The van der Waals surface area contributed by atoms with Crippen LogP contribution in [0.25, 0.3) is 5.69 Å². The van der Waals surface area contributed by atoms with Crippen LogP contribution in [0.1, 0.15) is 29.5 Å². The number of nitrogen functional groups attached to an aromatic ring is 1. The first-order valence-electron chi connectivity index (χ1n) is 10.2. The minimum atomic E-state index is -0.339. The molecule has 0 radical (unpaired) electrons. The van der Waals surface area contributed by atoms with E-state index in [1.54, 1.807) is 23.5 Å². The Morgan fingerprint density at radius 2 is 2.06 bits per heavy atom. The molecular weight excluding hydrogens is 413 g/mol. The Balaban J connectivity index is 1.58. The quantitative estimate of drug-likeness (QED) is 0.270. The summed E-state index contributed by atoms with van der Waals surface area (Å²) in [6.07, 6.45) is 2.24. The van der Waals surface area contributed by atoms with E-state index in [-0.39, 0.29) is 11.6 Å². The number of aromatic nitrogens is 2. The summed E-state index contributed by atoms with van der Waals surface area (Å²) in [5, 5.41) is 22.6. The van der Waals surface area contributed by atoms with E-state index in [1.807, 2.05) is 6.92 Å². The van der Waals surface area contributed by atoms with Gasteiger partial charge in [-0.2, -0.15) is 10.4 Å². The van der Waals surface area contributed by atoms with Gasteiger partial charge in [0, 0.05) is 24.5 Å². The number of guanidine groups is 1. The van der Waals surface area contributed by atoms with Crippen molar-refractivity contribution >= 4 is 23.1 Å². The highest BCUT2D eigenvalue weighted by atomic mass is 32.1. The smallest absolute Gasteiger partial charge is 0.191 e. The highest BCUT2D eigenvalue weighted by Crippen LogP contribution is 2.21. The summed E-state index contributed by atoms with van der Waals surface area (Å²) in [5.41, 5.74) is 7.70. The average Bonchev–Trinajstić information content (AvgIpc) is 3.39. The molecule has 0 atom stereocenters. The number of aliphatic imine (C=N–C) groups is 1. The number of hydrogen-bond acceptors (Lipinski definition) is 5. The lowest BCUT2D eigenvalue weighted by molar-refractivity contribution is 0.627. The van der Waals surface area contributed by atoms with Gasteiger partial charge in [0.05, 0.1) is 11.4 Å². The van der Waals surface area contributed by atoms with Crippen LogP contribution in [0.3, 0.4) is 0 Å². The molecule has 162 valence electrons. The zero-order valence-corrected chi connectivity index (χ0v) is 18.3. The zero-order chi connectivity index (χ0) is 22.1. The van der Waals surface area contributed by atoms with Gasteiger partial charge in [-0.25, -0.2) is 9.07 Å². The number of nitrogens with one attached hydrogen (secondary N) is 2. The molecular formula is C22H26FN7S. The van der Waals surface area contributed by atoms with E-state index >= 15 is 0 Å². The maximum atomic E-state index is 13.2. The fraction of sp³-hybridized carbons (Fsp3) is 0.318. The Labute approximate surface area is 185 Å². The Kier molecular flexibility index (Phi) is 8.01. The van der Waals surface area contributed by atoms with Crippen molar-refractivity contribution in [1.29, 1.82) is 5.26 Å². The van der Waals surface area contributed by atoms with Crippen LogP contribution in [0.15, 0.2) is 46.8 Å². The monoisotopic (exact) mass is 439 g/mol. The summed E-state index contributed by atoms with van der Waals surface area (Å²) >= 11 is 1.75. The first-order chi connectivity index (χ1) is 15.1. The van der Waals surface area contributed by atoms with Crippen molar-refractivity contribution in [3.8, 4) is 11.8 Å². The fourth-order valence-electron chi connectivity index (χ4n) is 3.09. The third kappa shape index (κ3) is 6.06. The van der Waals surface area contributed by atoms with Crippen LogP contribution in [-0.4, -0.2) is 35.4 Å². The summed E-state index contributed by atoms with van der Waals surface area (Å²) in [7, 11) is 0. The van der Waals surface area contributed by atoms with E-state index in [1.165, 1.54) is 21.7 Å². The SMILES string of the molecule is CCNC(=NCCCc1nn(-c2ccc(F)cc2)c(N)c1C#N)NCCc1cccs1. The lowest BCUT2D eigenvalue weighted by atomic mass is 10.1. The van der Waals surface area contributed by atoms with E-state index in [9.17, 15) is 9.65 Å². The standard InChI is InChI=1S/C22H26FN7S/c1-2-26-22(28-13-11-18-5-4-14-31-18)27-12-3-6-20-19(15-24)21(25)30(29-20)17-9-7-16(23)8-10-17/h4-5,7-10,14H,2-3,6,11-13,25H2,1H3,(H2,26,27,28). The van der Waals surface area contributed by atoms with Crippen LogP contribution >= 0.6 is 11.3 Å². The van der Waals surface area contributed by atoms with Crippen LogP contribution < -0.4 is 16.4 Å². The molecule has 2 heterocycles. The highest BCUT2D eigenvalue weighted by Gasteiger charge is 2.16. The van der Waals surface area contributed by atoms with Crippen molar-refractivity contribution in [2.45, 2.75) is 26.2 Å². The van der Waals surface area contributed by atoms with Gasteiger partial charge >= 0.3 is 0 Å². The van der Waals surface area contributed by atoms with Crippen molar-refractivity contribution in [3.05, 3.63) is 63.7 Å².